The van der Waals surface area contributed by atoms with Gasteiger partial charge in [0.2, 0.25) is 5.95 Å². The highest BCUT2D eigenvalue weighted by atomic mass is 35.5. The molecule has 2 aliphatic rings. The minimum absolute atomic E-state index is 0.0132. The Balaban J connectivity index is 1.44. The van der Waals surface area contributed by atoms with Gasteiger partial charge < -0.3 is 14.5 Å². The van der Waals surface area contributed by atoms with E-state index in [-0.39, 0.29) is 12.5 Å². The number of halogens is 1. The maximum Gasteiger partial charge on any atom is 0.253 e. The fourth-order valence-electron chi connectivity index (χ4n) is 3.04. The fraction of sp³-hybridized carbons (Fsp3) is 0.278. The van der Waals surface area contributed by atoms with E-state index in [0.29, 0.717) is 42.7 Å². The van der Waals surface area contributed by atoms with Crippen molar-refractivity contribution in [2.45, 2.75) is 0 Å². The summed E-state index contributed by atoms with van der Waals surface area (Å²) in [6.07, 6.45) is 5.33. The Morgan fingerprint density at radius 3 is 2.64 bits per heavy atom. The van der Waals surface area contributed by atoms with E-state index in [1.165, 1.54) is 0 Å². The Bertz CT molecular complexity index is 817. The third-order valence-electron chi connectivity index (χ3n) is 4.36. The van der Waals surface area contributed by atoms with Crippen molar-refractivity contribution in [2.24, 2.45) is 0 Å². The van der Waals surface area contributed by atoms with Crippen LogP contribution in [0.3, 0.4) is 0 Å². The fourth-order valence-corrected chi connectivity index (χ4v) is 3.22. The molecule has 6 nitrogen and oxygen atoms in total. The van der Waals surface area contributed by atoms with Crippen molar-refractivity contribution in [1.82, 2.24) is 14.9 Å². The van der Waals surface area contributed by atoms with Crippen LogP contribution in [0.5, 0.6) is 5.75 Å². The van der Waals surface area contributed by atoms with Crippen LogP contribution in [0.25, 0.3) is 6.08 Å². The molecule has 1 saturated heterocycles. The van der Waals surface area contributed by atoms with Gasteiger partial charge in [-0.2, -0.15) is 0 Å². The summed E-state index contributed by atoms with van der Waals surface area (Å²) in [4.78, 5) is 25.3. The van der Waals surface area contributed by atoms with Crippen molar-refractivity contribution >= 4 is 29.5 Å². The Labute approximate surface area is 150 Å². The average molecular weight is 357 g/mol. The zero-order valence-electron chi connectivity index (χ0n) is 13.6. The molecular formula is C18H17ClN4O2. The van der Waals surface area contributed by atoms with Crippen LogP contribution in [0, 0.1) is 0 Å². The SMILES string of the molecule is O=C(C1=Cc2cc(Cl)ccc2OC1)N1CCN(c2ncccn2)CC1. The highest BCUT2D eigenvalue weighted by Gasteiger charge is 2.26. The smallest absolute Gasteiger partial charge is 0.253 e. The number of benzene rings is 1. The first-order valence-electron chi connectivity index (χ1n) is 8.15. The lowest BCUT2D eigenvalue weighted by Crippen LogP contribution is -2.50. The third-order valence-corrected chi connectivity index (χ3v) is 4.60. The number of carbonyl (C=O) groups excluding carboxylic acids is 1. The number of piperazine rings is 1. The second kappa shape index (κ2) is 6.72. The Morgan fingerprint density at radius 2 is 1.88 bits per heavy atom. The van der Waals surface area contributed by atoms with Gasteiger partial charge in [-0.1, -0.05) is 11.6 Å². The molecule has 0 radical (unpaired) electrons. The molecule has 1 fully saturated rings. The van der Waals surface area contributed by atoms with E-state index in [1.807, 2.05) is 23.1 Å². The molecule has 128 valence electrons. The first-order valence-corrected chi connectivity index (χ1v) is 8.53. The van der Waals surface area contributed by atoms with Gasteiger partial charge in [-0.05, 0) is 30.3 Å². The highest BCUT2D eigenvalue weighted by molar-refractivity contribution is 6.30. The summed E-state index contributed by atoms with van der Waals surface area (Å²) in [5.41, 5.74) is 1.50. The van der Waals surface area contributed by atoms with Gasteiger partial charge in [0.1, 0.15) is 12.4 Å². The van der Waals surface area contributed by atoms with Crippen LogP contribution in [0.1, 0.15) is 5.56 Å². The molecule has 0 aliphatic carbocycles. The van der Waals surface area contributed by atoms with Crippen molar-refractivity contribution in [3.8, 4) is 5.75 Å². The molecule has 0 bridgehead atoms. The average Bonchev–Trinajstić information content (AvgIpc) is 2.67. The van der Waals surface area contributed by atoms with Crippen LogP contribution >= 0.6 is 11.6 Å². The van der Waals surface area contributed by atoms with E-state index in [1.54, 1.807) is 24.5 Å². The standard InChI is InChI=1S/C18H17ClN4O2/c19-15-2-3-16-13(11-15)10-14(12-25-16)17(24)22-6-8-23(9-7-22)18-20-4-1-5-21-18/h1-5,10-11H,6-9,12H2. The first kappa shape index (κ1) is 15.9. The lowest BCUT2D eigenvalue weighted by atomic mass is 10.1. The van der Waals surface area contributed by atoms with Crippen LogP contribution < -0.4 is 9.64 Å². The molecule has 0 unspecified atom stereocenters. The number of ether oxygens (including phenoxy) is 1. The molecular weight excluding hydrogens is 340 g/mol. The molecule has 25 heavy (non-hydrogen) atoms. The van der Waals surface area contributed by atoms with Gasteiger partial charge in [0.25, 0.3) is 5.91 Å². The molecule has 1 aromatic heterocycles. The predicted molar refractivity (Wildman–Crippen MR) is 95.7 cm³/mol. The Kier molecular flexibility index (Phi) is 4.28. The molecule has 7 heteroatoms. The summed E-state index contributed by atoms with van der Waals surface area (Å²) >= 11 is 6.03. The van der Waals surface area contributed by atoms with Gasteiger partial charge in [0.05, 0.1) is 5.57 Å². The summed E-state index contributed by atoms with van der Waals surface area (Å²) in [7, 11) is 0. The number of hydrogen-bond acceptors (Lipinski definition) is 5. The second-order valence-corrected chi connectivity index (χ2v) is 6.40. The van der Waals surface area contributed by atoms with Crippen molar-refractivity contribution in [3.05, 3.63) is 52.8 Å². The summed E-state index contributed by atoms with van der Waals surface area (Å²) in [5, 5.41) is 0.628. The topological polar surface area (TPSA) is 58.6 Å². The summed E-state index contributed by atoms with van der Waals surface area (Å²) in [5.74, 6) is 1.48. The highest BCUT2D eigenvalue weighted by Crippen LogP contribution is 2.29. The molecule has 1 aromatic carbocycles. The summed E-state index contributed by atoms with van der Waals surface area (Å²) < 4.78 is 5.69. The van der Waals surface area contributed by atoms with Gasteiger partial charge in [-0.15, -0.1) is 0 Å². The molecule has 0 N–H and O–H groups in total. The number of carbonyl (C=O) groups is 1. The zero-order chi connectivity index (χ0) is 17.2. The zero-order valence-corrected chi connectivity index (χ0v) is 14.3. The van der Waals surface area contributed by atoms with Crippen LogP contribution in [0.15, 0.2) is 42.2 Å². The predicted octanol–water partition coefficient (Wildman–Crippen LogP) is 2.25. The molecule has 3 heterocycles. The van der Waals surface area contributed by atoms with Crippen LogP contribution in [0.2, 0.25) is 5.02 Å². The summed E-state index contributed by atoms with van der Waals surface area (Å²) in [6, 6.07) is 7.22. The molecule has 0 saturated carbocycles. The van der Waals surface area contributed by atoms with Crippen molar-refractivity contribution in [1.29, 1.82) is 0 Å². The number of anilines is 1. The van der Waals surface area contributed by atoms with E-state index in [0.717, 1.165) is 11.3 Å². The number of rotatable bonds is 2. The van der Waals surface area contributed by atoms with E-state index in [4.69, 9.17) is 16.3 Å². The minimum atomic E-state index is 0.0132. The number of fused-ring (bicyclic) bond motifs is 1. The van der Waals surface area contributed by atoms with Crippen molar-refractivity contribution in [2.75, 3.05) is 37.7 Å². The Morgan fingerprint density at radius 1 is 1.12 bits per heavy atom. The quantitative estimate of drug-likeness (QED) is 0.826. The molecule has 1 amide bonds. The number of aromatic nitrogens is 2. The van der Waals surface area contributed by atoms with Gasteiger partial charge in [-0.25, -0.2) is 9.97 Å². The normalized spacial score (nSPS) is 16.8. The molecule has 2 aliphatic heterocycles. The third kappa shape index (κ3) is 3.30. The van der Waals surface area contributed by atoms with Gasteiger partial charge in [0.15, 0.2) is 0 Å². The van der Waals surface area contributed by atoms with E-state index < -0.39 is 0 Å². The van der Waals surface area contributed by atoms with Gasteiger partial charge >= 0.3 is 0 Å². The molecule has 4 rings (SSSR count). The van der Waals surface area contributed by atoms with Gasteiger partial charge in [0, 0.05) is 49.2 Å². The molecule has 0 spiro atoms. The van der Waals surface area contributed by atoms with E-state index in [2.05, 4.69) is 14.9 Å². The van der Waals surface area contributed by atoms with E-state index >= 15 is 0 Å². The lowest BCUT2D eigenvalue weighted by molar-refractivity contribution is -0.127. The maximum absolute atomic E-state index is 12.8. The lowest BCUT2D eigenvalue weighted by Gasteiger charge is -2.35. The monoisotopic (exact) mass is 356 g/mol. The van der Waals surface area contributed by atoms with Crippen molar-refractivity contribution in [3.63, 3.8) is 0 Å². The molecule has 2 aromatic rings. The van der Waals surface area contributed by atoms with Crippen molar-refractivity contribution < 1.29 is 9.53 Å². The Hall–Kier alpha value is -2.60. The first-order chi connectivity index (χ1) is 12.2. The van der Waals surface area contributed by atoms with Crippen LogP contribution in [-0.4, -0.2) is 53.6 Å². The molecule has 0 atom stereocenters. The minimum Gasteiger partial charge on any atom is -0.488 e. The largest absolute Gasteiger partial charge is 0.488 e. The van der Waals surface area contributed by atoms with E-state index in [9.17, 15) is 4.79 Å². The number of amides is 1. The van der Waals surface area contributed by atoms with Crippen LogP contribution in [0.4, 0.5) is 5.95 Å². The summed E-state index contributed by atoms with van der Waals surface area (Å²) in [6.45, 7) is 2.99. The number of hydrogen-bond donors (Lipinski definition) is 0. The maximum atomic E-state index is 12.8. The van der Waals surface area contributed by atoms with Gasteiger partial charge in [-0.3, -0.25) is 4.79 Å². The van der Waals surface area contributed by atoms with Crippen LogP contribution in [-0.2, 0) is 4.79 Å². The number of nitrogens with zero attached hydrogens (tertiary/aromatic N) is 4. The second-order valence-electron chi connectivity index (χ2n) is 5.97.